The average molecular weight is 835 g/mol. The fourth-order valence-electron chi connectivity index (χ4n) is 8.89. The fourth-order valence-corrected chi connectivity index (χ4v) is 8.89. The van der Waals surface area contributed by atoms with Crippen LogP contribution in [0.5, 0.6) is 34.5 Å². The predicted molar refractivity (Wildman–Crippen MR) is 223 cm³/mol. The molecule has 0 fully saturated rings. The quantitative estimate of drug-likeness (QED) is 0.0358. The molecule has 6 atom stereocenters. The summed E-state index contributed by atoms with van der Waals surface area (Å²) in [6.45, 7) is 4.13. The van der Waals surface area contributed by atoms with Gasteiger partial charge in [0.1, 0.15) is 57.8 Å². The van der Waals surface area contributed by atoms with Crippen molar-refractivity contribution >= 4 is 33.5 Å². The summed E-state index contributed by atoms with van der Waals surface area (Å²) in [7, 11) is 2.67. The van der Waals surface area contributed by atoms with Crippen molar-refractivity contribution in [3.63, 3.8) is 0 Å². The Kier molecular flexibility index (Phi) is 14.2. The number of phenols is 4. The highest BCUT2D eigenvalue weighted by Crippen LogP contribution is 2.56. The van der Waals surface area contributed by atoms with Crippen molar-refractivity contribution in [3.05, 3.63) is 46.5 Å². The third-order valence-electron chi connectivity index (χ3n) is 11.8. The molecule has 0 saturated heterocycles. The Hall–Kier alpha value is -5.02. The van der Waals surface area contributed by atoms with E-state index in [0.717, 1.165) is 38.5 Å². The van der Waals surface area contributed by atoms with Gasteiger partial charge in [-0.3, -0.25) is 0 Å². The van der Waals surface area contributed by atoms with Crippen molar-refractivity contribution in [2.45, 2.75) is 140 Å². The van der Waals surface area contributed by atoms with Crippen LogP contribution in [0.3, 0.4) is 0 Å². The van der Waals surface area contributed by atoms with Gasteiger partial charge in [0.15, 0.2) is 0 Å². The zero-order chi connectivity index (χ0) is 43.4. The number of hydrogen-bond donors (Lipinski definition) is 8. The number of aliphatic hydroxyl groups excluding tert-OH is 4. The first-order chi connectivity index (χ1) is 28.7. The molecule has 6 rings (SSSR count). The lowest BCUT2D eigenvalue weighted by atomic mass is 9.87. The minimum absolute atomic E-state index is 0.0310. The molecule has 0 aliphatic carbocycles. The molecular weight excluding hydrogens is 776 g/mol. The number of methoxy groups -OCH3 is 2. The van der Waals surface area contributed by atoms with E-state index in [1.54, 1.807) is 12.1 Å². The van der Waals surface area contributed by atoms with Crippen molar-refractivity contribution in [1.82, 2.24) is 0 Å². The van der Waals surface area contributed by atoms with Crippen LogP contribution in [0.15, 0.2) is 24.3 Å². The Bertz CT molecular complexity index is 2060. The largest absolute Gasteiger partial charge is 0.506 e. The van der Waals surface area contributed by atoms with Crippen LogP contribution in [0.2, 0.25) is 0 Å². The lowest BCUT2D eigenvalue weighted by Gasteiger charge is -2.29. The van der Waals surface area contributed by atoms with E-state index < -0.39 is 71.6 Å². The lowest BCUT2D eigenvalue weighted by molar-refractivity contribution is -0.000831. The molecule has 4 aromatic rings. The van der Waals surface area contributed by atoms with Crippen molar-refractivity contribution in [1.29, 1.82) is 0 Å². The van der Waals surface area contributed by atoms with Gasteiger partial charge in [0.05, 0.1) is 60.5 Å². The number of carbonyl (C=O) groups is 2. The molecule has 14 heteroatoms. The smallest absolute Gasteiger partial charge is 0.342 e. The highest BCUT2D eigenvalue weighted by molar-refractivity contribution is 6.13. The Morgan fingerprint density at radius 2 is 0.933 bits per heavy atom. The Balaban J connectivity index is 1.33. The number of fused-ring (bicyclic) bond motifs is 4. The van der Waals surface area contributed by atoms with Gasteiger partial charge in [-0.05, 0) is 71.8 Å². The summed E-state index contributed by atoms with van der Waals surface area (Å²) in [5, 5.41) is 89.5. The van der Waals surface area contributed by atoms with Crippen LogP contribution in [0, 0.1) is 0 Å². The standard InChI is InChI=1S/C46H58O14/c1-5-7-9-11-27(47)19-29(49)21-31-15-23-13-25-17-33(57-3)39(43(53)35(25)41(51)37(23)45(55)59-31)40-34(58-4)18-26-14-24-16-32(22-30(50)20-28(48)12-10-8-6-2)60-46(56)38(24)42(52)36(26)44(40)54/h13-14,17-18,27-32,47-54H,5-12,15-16,19-22H2,1-4H3/t27-,28+,29-,30-,31+,32-/m0/s1. The van der Waals surface area contributed by atoms with Gasteiger partial charge in [0.25, 0.3) is 0 Å². The summed E-state index contributed by atoms with van der Waals surface area (Å²) in [5.41, 5.74) is 0.178. The Morgan fingerprint density at radius 3 is 1.28 bits per heavy atom. The van der Waals surface area contributed by atoms with Crippen LogP contribution >= 0.6 is 0 Å². The number of ether oxygens (including phenoxy) is 4. The zero-order valence-electron chi connectivity index (χ0n) is 34.7. The third kappa shape index (κ3) is 9.16. The molecule has 2 aliphatic heterocycles. The molecule has 0 bridgehead atoms. The molecule has 0 spiro atoms. The van der Waals surface area contributed by atoms with Gasteiger partial charge in [0.2, 0.25) is 0 Å². The maximum absolute atomic E-state index is 13.4. The summed E-state index contributed by atoms with van der Waals surface area (Å²) in [5.74, 6) is -4.00. The molecule has 8 N–H and O–H groups in total. The molecule has 14 nitrogen and oxygen atoms in total. The number of unbranched alkanes of at least 4 members (excludes halogenated alkanes) is 4. The van der Waals surface area contributed by atoms with E-state index in [0.29, 0.717) is 24.0 Å². The first-order valence-electron chi connectivity index (χ1n) is 21.0. The third-order valence-corrected chi connectivity index (χ3v) is 11.8. The van der Waals surface area contributed by atoms with E-state index in [2.05, 4.69) is 13.8 Å². The number of rotatable bonds is 19. The van der Waals surface area contributed by atoms with Crippen LogP contribution in [0.25, 0.3) is 32.7 Å². The fraction of sp³-hybridized carbons (Fsp3) is 0.522. The van der Waals surface area contributed by atoms with E-state index in [4.69, 9.17) is 18.9 Å². The van der Waals surface area contributed by atoms with Crippen LogP contribution in [-0.4, -0.2) is 104 Å². The molecule has 2 aliphatic rings. The summed E-state index contributed by atoms with van der Waals surface area (Å²) in [4.78, 5) is 26.8. The SMILES string of the molecule is CCCCC[C@@H](O)C[C@H](O)C[C@@H]1Cc2cc3cc(OC)c(-c4c(OC)cc5cc6c(c(O)c5c4O)C(=O)O[C@@H](C[C@@H](O)C[C@@H](O)CCCCC)C6)c(O)c3c(O)c2C(=O)O1. The summed E-state index contributed by atoms with van der Waals surface area (Å²) in [6.07, 6.45) is 2.78. The second-order valence-electron chi connectivity index (χ2n) is 16.3. The first-order valence-corrected chi connectivity index (χ1v) is 21.0. The molecule has 0 saturated carbocycles. The van der Waals surface area contributed by atoms with Gasteiger partial charge in [-0.2, -0.15) is 0 Å². The highest BCUT2D eigenvalue weighted by atomic mass is 16.6. The zero-order valence-corrected chi connectivity index (χ0v) is 34.7. The van der Waals surface area contributed by atoms with Crippen LogP contribution in [-0.2, 0) is 22.3 Å². The van der Waals surface area contributed by atoms with Gasteiger partial charge in [-0.15, -0.1) is 0 Å². The number of aromatic hydroxyl groups is 4. The van der Waals surface area contributed by atoms with E-state index >= 15 is 0 Å². The minimum atomic E-state index is -0.927. The van der Waals surface area contributed by atoms with Crippen molar-refractivity contribution in [2.75, 3.05) is 14.2 Å². The normalized spacial score (nSPS) is 18.3. The monoisotopic (exact) mass is 834 g/mol. The molecule has 4 aromatic carbocycles. The molecule has 2 heterocycles. The van der Waals surface area contributed by atoms with Gasteiger partial charge in [-0.1, -0.05) is 52.4 Å². The van der Waals surface area contributed by atoms with E-state index in [1.807, 2.05) is 0 Å². The number of carbonyl (C=O) groups excluding carboxylic acids is 2. The van der Waals surface area contributed by atoms with Crippen molar-refractivity contribution < 1.29 is 69.4 Å². The Labute approximate surface area is 348 Å². The molecule has 0 aromatic heterocycles. The number of aliphatic hydroxyl groups is 4. The van der Waals surface area contributed by atoms with Crippen LogP contribution in [0.1, 0.15) is 123 Å². The molecule has 0 radical (unpaired) electrons. The molecule has 0 amide bonds. The number of phenolic OH excluding ortho intramolecular Hbond substituents is 4. The summed E-state index contributed by atoms with van der Waals surface area (Å²) >= 11 is 0. The molecule has 326 valence electrons. The Morgan fingerprint density at radius 1 is 0.567 bits per heavy atom. The molecule has 0 unspecified atom stereocenters. The van der Waals surface area contributed by atoms with Crippen molar-refractivity contribution in [2.24, 2.45) is 0 Å². The minimum Gasteiger partial charge on any atom is -0.506 e. The number of benzene rings is 4. The van der Waals surface area contributed by atoms with Gasteiger partial charge >= 0.3 is 11.9 Å². The van der Waals surface area contributed by atoms with Crippen LogP contribution < -0.4 is 9.47 Å². The van der Waals surface area contributed by atoms with Crippen LogP contribution in [0.4, 0.5) is 0 Å². The summed E-state index contributed by atoms with van der Waals surface area (Å²) in [6, 6.07) is 6.23. The molecule has 60 heavy (non-hydrogen) atoms. The first kappa shape index (κ1) is 44.5. The average Bonchev–Trinajstić information content (AvgIpc) is 3.17. The van der Waals surface area contributed by atoms with Crippen molar-refractivity contribution in [3.8, 4) is 45.6 Å². The molecular formula is C46H58O14. The maximum Gasteiger partial charge on any atom is 0.342 e. The highest BCUT2D eigenvalue weighted by Gasteiger charge is 2.36. The topological polar surface area (TPSA) is 233 Å². The van der Waals surface area contributed by atoms with Gasteiger partial charge in [0, 0.05) is 25.7 Å². The van der Waals surface area contributed by atoms with Gasteiger partial charge < -0.3 is 59.8 Å². The van der Waals surface area contributed by atoms with E-state index in [-0.39, 0.29) is 93.8 Å². The van der Waals surface area contributed by atoms with E-state index in [9.17, 15) is 50.4 Å². The predicted octanol–water partition coefficient (Wildman–Crippen LogP) is 6.83. The van der Waals surface area contributed by atoms with Gasteiger partial charge in [-0.25, -0.2) is 9.59 Å². The maximum atomic E-state index is 13.4. The number of cyclic esters (lactones) is 2. The number of hydrogen-bond acceptors (Lipinski definition) is 14. The van der Waals surface area contributed by atoms with E-state index in [1.165, 1.54) is 26.4 Å². The lowest BCUT2D eigenvalue weighted by Crippen LogP contribution is -2.32. The summed E-state index contributed by atoms with van der Waals surface area (Å²) < 4.78 is 22.7. The second-order valence-corrected chi connectivity index (χ2v) is 16.3. The second kappa shape index (κ2) is 19.1. The number of esters is 2.